The van der Waals surface area contributed by atoms with Crippen molar-refractivity contribution >= 4 is 28.9 Å². The van der Waals surface area contributed by atoms with Gasteiger partial charge in [-0.05, 0) is 69.0 Å². The van der Waals surface area contributed by atoms with Gasteiger partial charge in [-0.15, -0.1) is 0 Å². The van der Waals surface area contributed by atoms with Crippen molar-refractivity contribution in [1.82, 2.24) is 14.6 Å². The topological polar surface area (TPSA) is 59.3 Å². The number of benzene rings is 2. The van der Waals surface area contributed by atoms with E-state index in [2.05, 4.69) is 61.4 Å². The molecule has 4 aromatic rings. The molecule has 1 N–H and O–H groups in total. The average Bonchev–Trinajstić information content (AvgIpc) is 3.16. The Kier molecular flexibility index (Phi) is 5.83. The summed E-state index contributed by atoms with van der Waals surface area (Å²) in [4.78, 5) is 17.1. The summed E-state index contributed by atoms with van der Waals surface area (Å²) in [7, 11) is 0. The van der Waals surface area contributed by atoms with Crippen LogP contribution in [0.25, 0.3) is 16.8 Å². The third-order valence-electron chi connectivity index (χ3n) is 5.44. The zero-order valence-electron chi connectivity index (χ0n) is 18.5. The summed E-state index contributed by atoms with van der Waals surface area (Å²) < 4.78 is 1.83. The number of aromatic nitrogens is 3. The number of thioether (sulfide) groups is 1. The van der Waals surface area contributed by atoms with E-state index in [-0.39, 0.29) is 11.7 Å². The van der Waals surface area contributed by atoms with Gasteiger partial charge in [0, 0.05) is 23.6 Å². The van der Waals surface area contributed by atoms with Crippen LogP contribution in [0.5, 0.6) is 0 Å². The lowest BCUT2D eigenvalue weighted by Gasteiger charge is -2.12. The molecule has 0 atom stereocenters. The molecule has 0 radical (unpaired) electrons. The molecule has 0 spiro atoms. The van der Waals surface area contributed by atoms with Gasteiger partial charge in [0.15, 0.2) is 0 Å². The molecule has 0 saturated heterocycles. The molecule has 0 saturated carbocycles. The number of hydrogen-bond donors (Lipinski definition) is 1. The fourth-order valence-corrected chi connectivity index (χ4v) is 4.51. The van der Waals surface area contributed by atoms with Crippen molar-refractivity contribution in [1.29, 1.82) is 0 Å². The highest BCUT2D eigenvalue weighted by atomic mass is 32.2. The molecule has 31 heavy (non-hydrogen) atoms. The highest BCUT2D eigenvalue weighted by Gasteiger charge is 2.13. The van der Waals surface area contributed by atoms with Gasteiger partial charge < -0.3 is 5.32 Å². The molecular weight excluding hydrogens is 404 g/mol. The molecule has 0 unspecified atom stereocenters. The second-order valence-corrected chi connectivity index (χ2v) is 8.97. The molecule has 0 aliphatic rings. The fourth-order valence-electron chi connectivity index (χ4n) is 3.74. The van der Waals surface area contributed by atoms with Gasteiger partial charge in [0.2, 0.25) is 5.91 Å². The molecule has 5 nitrogen and oxygen atoms in total. The number of hydrogen-bond acceptors (Lipinski definition) is 4. The van der Waals surface area contributed by atoms with E-state index < -0.39 is 0 Å². The molecule has 2 aromatic carbocycles. The smallest absolute Gasteiger partial charge is 0.234 e. The van der Waals surface area contributed by atoms with Gasteiger partial charge in [0.05, 0.1) is 17.0 Å². The van der Waals surface area contributed by atoms with Crippen LogP contribution < -0.4 is 5.32 Å². The van der Waals surface area contributed by atoms with Crippen molar-refractivity contribution in [2.45, 2.75) is 39.6 Å². The van der Waals surface area contributed by atoms with Crippen LogP contribution in [-0.4, -0.2) is 26.3 Å². The van der Waals surface area contributed by atoms with E-state index in [9.17, 15) is 4.79 Å². The van der Waals surface area contributed by atoms with Crippen molar-refractivity contribution in [3.05, 3.63) is 76.6 Å². The summed E-state index contributed by atoms with van der Waals surface area (Å²) in [5, 5.41) is 8.55. The monoisotopic (exact) mass is 430 g/mol. The lowest BCUT2D eigenvalue weighted by molar-refractivity contribution is -0.113. The van der Waals surface area contributed by atoms with Gasteiger partial charge in [-0.25, -0.2) is 9.50 Å². The number of anilines is 1. The minimum absolute atomic E-state index is 0.0437. The molecule has 0 aliphatic carbocycles. The SMILES string of the molecule is Cc1cc(C)c(NC(=O)CSc2nccn3nc(-c4ccc(C)c(C)c4)cc23)c(C)c1. The minimum Gasteiger partial charge on any atom is -0.325 e. The van der Waals surface area contributed by atoms with Crippen LogP contribution in [-0.2, 0) is 4.79 Å². The van der Waals surface area contributed by atoms with E-state index in [1.165, 1.54) is 28.5 Å². The predicted molar refractivity (Wildman–Crippen MR) is 128 cm³/mol. The zero-order chi connectivity index (χ0) is 22.1. The summed E-state index contributed by atoms with van der Waals surface area (Å²) >= 11 is 1.42. The van der Waals surface area contributed by atoms with Crippen molar-refractivity contribution in [2.24, 2.45) is 0 Å². The van der Waals surface area contributed by atoms with Crippen LogP contribution in [0.4, 0.5) is 5.69 Å². The number of carbonyl (C=O) groups excluding carboxylic acids is 1. The maximum absolute atomic E-state index is 12.6. The third-order valence-corrected chi connectivity index (χ3v) is 6.43. The quantitative estimate of drug-likeness (QED) is 0.415. The van der Waals surface area contributed by atoms with E-state index in [0.717, 1.165) is 38.6 Å². The van der Waals surface area contributed by atoms with Crippen LogP contribution in [0.2, 0.25) is 0 Å². The van der Waals surface area contributed by atoms with Crippen LogP contribution >= 0.6 is 11.8 Å². The molecule has 0 fully saturated rings. The van der Waals surface area contributed by atoms with E-state index in [1.807, 2.05) is 30.6 Å². The second-order valence-electron chi connectivity index (χ2n) is 8.00. The van der Waals surface area contributed by atoms with Gasteiger partial charge in [-0.2, -0.15) is 5.10 Å². The summed E-state index contributed by atoms with van der Waals surface area (Å²) in [6.07, 6.45) is 3.56. The van der Waals surface area contributed by atoms with Crippen molar-refractivity contribution in [2.75, 3.05) is 11.1 Å². The molecule has 2 heterocycles. The van der Waals surface area contributed by atoms with Crippen molar-refractivity contribution < 1.29 is 4.79 Å². The summed E-state index contributed by atoms with van der Waals surface area (Å²) in [5.41, 5.74) is 9.60. The summed E-state index contributed by atoms with van der Waals surface area (Å²) in [6.45, 7) is 10.3. The van der Waals surface area contributed by atoms with Gasteiger partial charge in [-0.3, -0.25) is 4.79 Å². The van der Waals surface area contributed by atoms with E-state index in [1.54, 1.807) is 6.20 Å². The number of carbonyl (C=O) groups is 1. The predicted octanol–water partition coefficient (Wildman–Crippen LogP) is 5.67. The van der Waals surface area contributed by atoms with E-state index in [4.69, 9.17) is 5.10 Å². The molecule has 0 aliphatic heterocycles. The Bertz CT molecular complexity index is 1270. The molecule has 6 heteroatoms. The molecule has 0 bridgehead atoms. The Morgan fingerprint density at radius 3 is 2.42 bits per heavy atom. The number of aryl methyl sites for hydroxylation is 5. The highest BCUT2D eigenvalue weighted by molar-refractivity contribution is 8.00. The standard InChI is InChI=1S/C25H26N4OS/c1-15-10-18(4)24(19(5)11-15)27-23(30)14-31-25-22-13-21(28-29(22)9-8-26-25)20-7-6-16(2)17(3)12-20/h6-13H,14H2,1-5H3,(H,27,30). The lowest BCUT2D eigenvalue weighted by atomic mass is 10.0. The summed E-state index contributed by atoms with van der Waals surface area (Å²) in [6, 6.07) is 12.5. The number of rotatable bonds is 5. The van der Waals surface area contributed by atoms with Gasteiger partial charge in [0.1, 0.15) is 5.03 Å². The largest absolute Gasteiger partial charge is 0.325 e. The Balaban J connectivity index is 1.53. The Morgan fingerprint density at radius 1 is 0.968 bits per heavy atom. The number of nitrogens with zero attached hydrogens (tertiary/aromatic N) is 3. The van der Waals surface area contributed by atoms with Gasteiger partial charge in [0.25, 0.3) is 0 Å². The number of nitrogens with one attached hydrogen (secondary N) is 1. The molecule has 2 aromatic heterocycles. The maximum atomic E-state index is 12.6. The van der Waals surface area contributed by atoms with Crippen LogP contribution in [0, 0.1) is 34.6 Å². The average molecular weight is 431 g/mol. The van der Waals surface area contributed by atoms with E-state index in [0.29, 0.717) is 0 Å². The molecule has 4 rings (SSSR count). The summed E-state index contributed by atoms with van der Waals surface area (Å²) in [5.74, 6) is 0.238. The van der Waals surface area contributed by atoms with E-state index >= 15 is 0 Å². The van der Waals surface area contributed by atoms with Crippen LogP contribution in [0.1, 0.15) is 27.8 Å². The Hall–Kier alpha value is -3.12. The lowest BCUT2D eigenvalue weighted by Crippen LogP contribution is -2.16. The van der Waals surface area contributed by atoms with Gasteiger partial charge in [-0.1, -0.05) is 41.6 Å². The fraction of sp³-hybridized carbons (Fsp3) is 0.240. The van der Waals surface area contributed by atoms with Crippen LogP contribution in [0.15, 0.2) is 53.8 Å². The number of amides is 1. The first kappa shape index (κ1) is 21.1. The zero-order valence-corrected chi connectivity index (χ0v) is 19.3. The van der Waals surface area contributed by atoms with Crippen LogP contribution in [0.3, 0.4) is 0 Å². The first-order valence-corrected chi connectivity index (χ1v) is 11.2. The molecule has 1 amide bonds. The second kappa shape index (κ2) is 8.55. The third kappa shape index (κ3) is 4.49. The molecular formula is C25H26N4OS. The minimum atomic E-state index is -0.0437. The number of fused-ring (bicyclic) bond motifs is 1. The Labute approximate surface area is 186 Å². The van der Waals surface area contributed by atoms with Crippen molar-refractivity contribution in [3.8, 4) is 11.3 Å². The normalized spacial score (nSPS) is 11.1. The van der Waals surface area contributed by atoms with Crippen molar-refractivity contribution in [3.63, 3.8) is 0 Å². The first-order valence-electron chi connectivity index (χ1n) is 10.2. The molecule has 158 valence electrons. The Morgan fingerprint density at radius 2 is 1.71 bits per heavy atom. The van der Waals surface area contributed by atoms with Gasteiger partial charge >= 0.3 is 0 Å². The maximum Gasteiger partial charge on any atom is 0.234 e. The first-order chi connectivity index (χ1) is 14.8. The highest BCUT2D eigenvalue weighted by Crippen LogP contribution is 2.28.